The molecule has 0 aliphatic carbocycles. The molecular formula is C29H30FIN4O3S. The van der Waals surface area contributed by atoms with Crippen molar-refractivity contribution in [2.24, 2.45) is 5.41 Å². The monoisotopic (exact) mass is 660 g/mol. The Morgan fingerprint density at radius 1 is 1.26 bits per heavy atom. The molecule has 0 bridgehead atoms. The van der Waals surface area contributed by atoms with Crippen LogP contribution >= 0.6 is 34.4 Å². The molecule has 0 radical (unpaired) electrons. The molecular weight excluding hydrogens is 630 g/mol. The smallest absolute Gasteiger partial charge is 0.350 e. The van der Waals surface area contributed by atoms with Crippen molar-refractivity contribution in [1.29, 1.82) is 0 Å². The Kier molecular flexibility index (Phi) is 6.78. The van der Waals surface area contributed by atoms with Crippen LogP contribution in [0.5, 0.6) is 0 Å². The fraction of sp³-hybridized carbons (Fsp3) is 0.414. The molecule has 3 aliphatic rings. The van der Waals surface area contributed by atoms with Crippen LogP contribution in [-0.2, 0) is 16.1 Å². The zero-order valence-electron chi connectivity index (χ0n) is 22.2. The van der Waals surface area contributed by atoms with E-state index in [9.17, 15) is 14.0 Å². The number of aryl methyl sites for hydroxylation is 1. The van der Waals surface area contributed by atoms with Gasteiger partial charge >= 0.3 is 5.69 Å². The Hall–Kier alpha value is -2.44. The maximum absolute atomic E-state index is 14.2. The third kappa shape index (κ3) is 4.39. The van der Waals surface area contributed by atoms with Gasteiger partial charge in [0.15, 0.2) is 0 Å². The molecule has 3 aromatic rings. The normalized spacial score (nSPS) is 22.1. The predicted molar refractivity (Wildman–Crippen MR) is 161 cm³/mol. The number of nitrogens with zero attached hydrogens (tertiary/aromatic N) is 4. The summed E-state index contributed by atoms with van der Waals surface area (Å²) in [5, 5.41) is 0.926. The topological polar surface area (TPSA) is 67.7 Å². The molecule has 2 aromatic carbocycles. The summed E-state index contributed by atoms with van der Waals surface area (Å²) in [6.45, 7) is 12.6. The number of piperazine rings is 1. The number of carbonyl (C=O) groups is 1. The number of halogens is 2. The van der Waals surface area contributed by atoms with E-state index in [1.54, 1.807) is 11.8 Å². The van der Waals surface area contributed by atoms with Crippen molar-refractivity contribution in [3.63, 3.8) is 0 Å². The quantitative estimate of drug-likeness (QED) is 0.296. The molecule has 4 heterocycles. The summed E-state index contributed by atoms with van der Waals surface area (Å²) in [4.78, 5) is 35.9. The highest BCUT2D eigenvalue weighted by molar-refractivity contribution is 14.1. The maximum Gasteiger partial charge on any atom is 0.350 e. The van der Waals surface area contributed by atoms with Crippen LogP contribution in [0, 0.1) is 21.7 Å². The summed E-state index contributed by atoms with van der Waals surface area (Å²) in [7, 11) is 0. The summed E-state index contributed by atoms with van der Waals surface area (Å²) < 4.78 is 22.2. The van der Waals surface area contributed by atoms with Gasteiger partial charge in [0, 0.05) is 62.3 Å². The minimum atomic E-state index is -0.277. The zero-order valence-corrected chi connectivity index (χ0v) is 25.1. The van der Waals surface area contributed by atoms with Gasteiger partial charge in [0.2, 0.25) is 5.91 Å². The Labute approximate surface area is 244 Å². The second-order valence-electron chi connectivity index (χ2n) is 11.1. The molecule has 0 unspecified atom stereocenters. The van der Waals surface area contributed by atoms with Crippen molar-refractivity contribution in [1.82, 2.24) is 14.5 Å². The van der Waals surface area contributed by atoms with Crippen molar-refractivity contribution in [2.45, 2.75) is 44.3 Å². The van der Waals surface area contributed by atoms with Crippen molar-refractivity contribution in [2.75, 3.05) is 37.0 Å². The lowest BCUT2D eigenvalue weighted by molar-refractivity contribution is -0.128. The Bertz CT molecular complexity index is 1590. The number of benzene rings is 2. The fourth-order valence-corrected chi connectivity index (χ4v) is 8.06. The highest BCUT2D eigenvalue weighted by Gasteiger charge is 2.43. The number of rotatable bonds is 3. The van der Waals surface area contributed by atoms with Crippen LogP contribution in [-0.4, -0.2) is 64.5 Å². The predicted octanol–water partition coefficient (Wildman–Crippen LogP) is 4.85. The molecule has 39 heavy (non-hydrogen) atoms. The van der Waals surface area contributed by atoms with Gasteiger partial charge in [-0.15, -0.1) is 11.8 Å². The van der Waals surface area contributed by atoms with Crippen LogP contribution in [0.3, 0.4) is 0 Å². The average Bonchev–Trinajstić information content (AvgIpc) is 3.07. The first-order valence-corrected chi connectivity index (χ1v) is 15.1. The molecule has 2 atom stereocenters. The number of anilines is 1. The van der Waals surface area contributed by atoms with E-state index in [0.717, 1.165) is 38.2 Å². The molecule has 2 fully saturated rings. The highest BCUT2D eigenvalue weighted by atomic mass is 127. The lowest BCUT2D eigenvalue weighted by Gasteiger charge is -2.44. The number of carbonyl (C=O) groups excluding carboxylic acids is 1. The largest absolute Gasteiger partial charge is 0.380 e. The second kappa shape index (κ2) is 9.88. The average molecular weight is 661 g/mol. The number of thioether (sulfide) groups is 1. The summed E-state index contributed by atoms with van der Waals surface area (Å²) in [6, 6.07) is 7.22. The molecule has 204 valence electrons. The second-order valence-corrected chi connectivity index (χ2v) is 13.2. The number of ether oxygens (including phenoxy) is 1. The SMILES string of the molecule is C=CC(=O)N1C[C@H](C)N(c2nc(=O)n3c4c(c(-c5ccc(F)c(I)c5)c(C)cc24)SCC2(COC2)C3)C[C@H]1C. The minimum Gasteiger partial charge on any atom is -0.380 e. The van der Waals surface area contributed by atoms with E-state index in [0.29, 0.717) is 42.2 Å². The molecule has 0 N–H and O–H groups in total. The van der Waals surface area contributed by atoms with Gasteiger partial charge in [-0.1, -0.05) is 12.6 Å². The summed E-state index contributed by atoms with van der Waals surface area (Å²) in [5.41, 5.74) is 3.48. The number of hydrogen-bond acceptors (Lipinski definition) is 6. The highest BCUT2D eigenvalue weighted by Crippen LogP contribution is 2.48. The van der Waals surface area contributed by atoms with E-state index < -0.39 is 0 Å². The zero-order chi connectivity index (χ0) is 27.6. The third-order valence-corrected chi connectivity index (χ3v) is 10.4. The molecule has 1 aromatic heterocycles. The summed E-state index contributed by atoms with van der Waals surface area (Å²) in [5.74, 6) is 1.14. The number of aromatic nitrogens is 2. The van der Waals surface area contributed by atoms with Crippen LogP contribution in [0.15, 0.2) is 46.6 Å². The fourth-order valence-electron chi connectivity index (χ4n) is 6.06. The first-order valence-electron chi connectivity index (χ1n) is 13.1. The molecule has 3 aliphatic heterocycles. The summed E-state index contributed by atoms with van der Waals surface area (Å²) in [6.07, 6.45) is 1.36. The summed E-state index contributed by atoms with van der Waals surface area (Å²) >= 11 is 3.78. The van der Waals surface area contributed by atoms with E-state index in [1.807, 2.05) is 51.1 Å². The first kappa shape index (κ1) is 26.8. The van der Waals surface area contributed by atoms with Gasteiger partial charge in [-0.25, -0.2) is 9.18 Å². The standard InChI is InChI=1S/C29H30FIN4O3S/c1-5-23(36)33-10-18(4)34(11-17(33)3)27-20-8-16(2)24(19-6-7-21(30)22(31)9-19)26-25(20)35(28(37)32-27)12-29(15-39-26)13-38-14-29/h5-9,17-18H,1,10-15H2,2-4H3/t17-,18+/m1/s1. The van der Waals surface area contributed by atoms with Crippen LogP contribution in [0.1, 0.15) is 19.4 Å². The van der Waals surface area contributed by atoms with Crippen LogP contribution in [0.2, 0.25) is 0 Å². The van der Waals surface area contributed by atoms with Gasteiger partial charge in [0.25, 0.3) is 0 Å². The van der Waals surface area contributed by atoms with Crippen molar-refractivity contribution in [3.05, 3.63) is 62.4 Å². The third-order valence-electron chi connectivity index (χ3n) is 8.15. The number of hydrogen-bond donors (Lipinski definition) is 0. The van der Waals surface area contributed by atoms with Crippen LogP contribution in [0.25, 0.3) is 22.0 Å². The van der Waals surface area contributed by atoms with Crippen molar-refractivity contribution < 1.29 is 13.9 Å². The van der Waals surface area contributed by atoms with Gasteiger partial charge in [-0.3, -0.25) is 9.36 Å². The Morgan fingerprint density at radius 2 is 2.03 bits per heavy atom. The molecule has 2 saturated heterocycles. The van der Waals surface area contributed by atoms with Gasteiger partial charge in [-0.2, -0.15) is 4.98 Å². The first-order chi connectivity index (χ1) is 18.6. The lowest BCUT2D eigenvalue weighted by Crippen LogP contribution is -2.58. The van der Waals surface area contributed by atoms with Gasteiger partial charge < -0.3 is 14.5 Å². The lowest BCUT2D eigenvalue weighted by atomic mass is 9.88. The molecule has 7 nitrogen and oxygen atoms in total. The molecule has 0 saturated carbocycles. The Balaban J connectivity index is 1.58. The van der Waals surface area contributed by atoms with Crippen molar-refractivity contribution >= 4 is 57.0 Å². The Morgan fingerprint density at radius 3 is 2.69 bits per heavy atom. The van der Waals surface area contributed by atoms with Crippen molar-refractivity contribution in [3.8, 4) is 11.1 Å². The van der Waals surface area contributed by atoms with E-state index in [-0.39, 0.29) is 34.9 Å². The van der Waals surface area contributed by atoms with E-state index >= 15 is 0 Å². The van der Waals surface area contributed by atoms with E-state index in [1.165, 1.54) is 12.1 Å². The molecule has 6 rings (SSSR count). The molecule has 1 amide bonds. The van der Waals surface area contributed by atoms with Crippen LogP contribution < -0.4 is 10.6 Å². The van der Waals surface area contributed by atoms with E-state index in [4.69, 9.17) is 4.74 Å². The molecule has 1 spiro atoms. The van der Waals surface area contributed by atoms with Crippen LogP contribution in [0.4, 0.5) is 10.2 Å². The van der Waals surface area contributed by atoms with Gasteiger partial charge in [-0.05, 0) is 78.8 Å². The number of amides is 1. The van der Waals surface area contributed by atoms with Gasteiger partial charge in [0.05, 0.1) is 18.7 Å². The van der Waals surface area contributed by atoms with E-state index in [2.05, 4.69) is 36.4 Å². The van der Waals surface area contributed by atoms with Gasteiger partial charge in [0.1, 0.15) is 11.6 Å². The molecule has 10 heteroatoms. The maximum atomic E-state index is 14.2. The minimum absolute atomic E-state index is 0.0395.